The standard InChI is InChI=1S/C18H18N6O4S/c1-4-22(5-2)13-6-7-14(12(3)8-13)20-21-15-9-18(29-11-19)17(24(27)28)10-16(15)23(25)26/h6-10H,4-5H2,1-3H3. The van der Waals surface area contributed by atoms with Crippen molar-refractivity contribution >= 4 is 40.2 Å². The number of rotatable bonds is 8. The Kier molecular flexibility index (Phi) is 7.21. The smallest absolute Gasteiger partial charge is 0.303 e. The second-order valence-corrected chi connectivity index (χ2v) is 6.69. The maximum absolute atomic E-state index is 11.3. The van der Waals surface area contributed by atoms with Crippen LogP contribution in [0.2, 0.25) is 0 Å². The summed E-state index contributed by atoms with van der Waals surface area (Å²) in [5.41, 5.74) is 1.13. The van der Waals surface area contributed by atoms with Crippen LogP contribution in [-0.4, -0.2) is 22.9 Å². The lowest BCUT2D eigenvalue weighted by atomic mass is 10.1. The highest BCUT2D eigenvalue weighted by Gasteiger charge is 2.25. The van der Waals surface area contributed by atoms with E-state index in [-0.39, 0.29) is 10.6 Å². The van der Waals surface area contributed by atoms with Crippen molar-refractivity contribution in [1.29, 1.82) is 5.26 Å². The maximum Gasteiger partial charge on any atom is 0.303 e. The van der Waals surface area contributed by atoms with Gasteiger partial charge in [-0.05, 0) is 62.4 Å². The summed E-state index contributed by atoms with van der Waals surface area (Å²) in [6.07, 6.45) is 0. The van der Waals surface area contributed by atoms with Gasteiger partial charge in [-0.25, -0.2) is 0 Å². The lowest BCUT2D eigenvalue weighted by molar-refractivity contribution is -0.395. The average Bonchev–Trinajstić information content (AvgIpc) is 2.68. The number of hydrogen-bond donors (Lipinski definition) is 0. The Hall–Kier alpha value is -3.52. The molecule has 0 fully saturated rings. The van der Waals surface area contributed by atoms with Crippen molar-refractivity contribution in [3.8, 4) is 5.40 Å². The topological polar surface area (TPSA) is 138 Å². The number of nitrogens with zero attached hydrogens (tertiary/aromatic N) is 6. The normalized spacial score (nSPS) is 10.7. The van der Waals surface area contributed by atoms with Gasteiger partial charge in [0.05, 0.1) is 21.6 Å². The highest BCUT2D eigenvalue weighted by atomic mass is 32.2. The number of thioether (sulfide) groups is 1. The van der Waals surface area contributed by atoms with E-state index in [2.05, 4.69) is 29.0 Å². The summed E-state index contributed by atoms with van der Waals surface area (Å²) in [6.45, 7) is 7.66. The van der Waals surface area contributed by atoms with Gasteiger partial charge in [-0.1, -0.05) is 0 Å². The van der Waals surface area contributed by atoms with Crippen LogP contribution in [0.3, 0.4) is 0 Å². The van der Waals surface area contributed by atoms with Gasteiger partial charge in [-0.2, -0.15) is 10.4 Å². The highest BCUT2D eigenvalue weighted by Crippen LogP contribution is 2.40. The van der Waals surface area contributed by atoms with Gasteiger partial charge < -0.3 is 4.90 Å². The van der Waals surface area contributed by atoms with Crippen LogP contribution in [0.1, 0.15) is 19.4 Å². The summed E-state index contributed by atoms with van der Waals surface area (Å²) < 4.78 is 0. The van der Waals surface area contributed by atoms with Gasteiger partial charge in [-0.3, -0.25) is 20.2 Å². The molecule has 2 aromatic carbocycles. The fourth-order valence-corrected chi connectivity index (χ4v) is 3.20. The fraction of sp³-hybridized carbons (Fsp3) is 0.278. The third kappa shape index (κ3) is 5.05. The first-order valence-corrected chi connectivity index (χ1v) is 9.44. The number of azo groups is 1. The Morgan fingerprint density at radius 3 is 2.17 bits per heavy atom. The first kappa shape index (κ1) is 21.8. The number of anilines is 1. The van der Waals surface area contributed by atoms with E-state index in [0.29, 0.717) is 17.4 Å². The molecule has 0 aliphatic carbocycles. The van der Waals surface area contributed by atoms with Gasteiger partial charge >= 0.3 is 5.69 Å². The SMILES string of the molecule is CCN(CC)c1ccc(N=Nc2cc(SC#N)c([N+](=O)[O-])cc2[N+](=O)[O-])c(C)c1. The van der Waals surface area contributed by atoms with E-state index < -0.39 is 21.2 Å². The van der Waals surface area contributed by atoms with Crippen LogP contribution in [0, 0.1) is 37.8 Å². The van der Waals surface area contributed by atoms with E-state index in [0.717, 1.165) is 36.5 Å². The minimum absolute atomic E-state index is 0.0364. The molecule has 0 unspecified atom stereocenters. The Balaban J connectivity index is 2.48. The molecule has 0 aliphatic rings. The van der Waals surface area contributed by atoms with Gasteiger partial charge in [0, 0.05) is 18.8 Å². The van der Waals surface area contributed by atoms with Crippen LogP contribution in [0.5, 0.6) is 0 Å². The Morgan fingerprint density at radius 2 is 1.66 bits per heavy atom. The molecule has 0 aliphatic heterocycles. The van der Waals surface area contributed by atoms with Crippen molar-refractivity contribution in [3.63, 3.8) is 0 Å². The summed E-state index contributed by atoms with van der Waals surface area (Å²) in [7, 11) is 0. The van der Waals surface area contributed by atoms with Crippen molar-refractivity contribution in [2.24, 2.45) is 10.2 Å². The van der Waals surface area contributed by atoms with Crippen LogP contribution in [0.15, 0.2) is 45.5 Å². The average molecular weight is 414 g/mol. The summed E-state index contributed by atoms with van der Waals surface area (Å²) in [4.78, 5) is 23.1. The van der Waals surface area contributed by atoms with Gasteiger partial charge in [0.25, 0.3) is 5.69 Å². The van der Waals surface area contributed by atoms with Crippen molar-refractivity contribution < 1.29 is 9.85 Å². The molecule has 0 heterocycles. The van der Waals surface area contributed by atoms with Gasteiger partial charge in [0.1, 0.15) is 10.3 Å². The van der Waals surface area contributed by atoms with Crippen LogP contribution < -0.4 is 4.90 Å². The molecule has 11 heteroatoms. The number of aryl methyl sites for hydroxylation is 1. The molecule has 29 heavy (non-hydrogen) atoms. The quantitative estimate of drug-likeness (QED) is 0.179. The van der Waals surface area contributed by atoms with Crippen molar-refractivity contribution in [2.75, 3.05) is 18.0 Å². The molecule has 0 amide bonds. The molecule has 0 saturated carbocycles. The molecule has 0 N–H and O–H groups in total. The minimum Gasteiger partial charge on any atom is -0.372 e. The predicted octanol–water partition coefficient (Wildman–Crippen LogP) is 5.65. The molecule has 10 nitrogen and oxygen atoms in total. The first-order valence-electron chi connectivity index (χ1n) is 8.62. The molecule has 0 saturated heterocycles. The Bertz CT molecular complexity index is 1010. The zero-order chi connectivity index (χ0) is 21.6. The molecule has 0 atom stereocenters. The van der Waals surface area contributed by atoms with E-state index >= 15 is 0 Å². The van der Waals surface area contributed by atoms with Gasteiger partial charge in [0.15, 0.2) is 5.69 Å². The summed E-state index contributed by atoms with van der Waals surface area (Å²) in [5, 5.41) is 41.1. The van der Waals surface area contributed by atoms with Crippen LogP contribution in [-0.2, 0) is 0 Å². The lowest BCUT2D eigenvalue weighted by Crippen LogP contribution is -2.21. The predicted molar refractivity (Wildman–Crippen MR) is 110 cm³/mol. The third-order valence-corrected chi connectivity index (χ3v) is 4.82. The Morgan fingerprint density at radius 1 is 1.03 bits per heavy atom. The number of nitriles is 1. The zero-order valence-electron chi connectivity index (χ0n) is 16.0. The van der Waals surface area contributed by atoms with E-state index in [9.17, 15) is 20.2 Å². The van der Waals surface area contributed by atoms with Crippen molar-refractivity contribution in [2.45, 2.75) is 25.7 Å². The van der Waals surface area contributed by atoms with E-state index in [4.69, 9.17) is 5.26 Å². The molecule has 2 aromatic rings. The van der Waals surface area contributed by atoms with E-state index in [1.807, 2.05) is 19.1 Å². The molecule has 2 rings (SSSR count). The maximum atomic E-state index is 11.3. The number of nitro benzene ring substituents is 2. The van der Waals surface area contributed by atoms with E-state index in [1.54, 1.807) is 11.5 Å². The second kappa shape index (κ2) is 9.61. The molecule has 0 bridgehead atoms. The third-order valence-electron chi connectivity index (χ3n) is 4.18. The monoisotopic (exact) mass is 414 g/mol. The number of thiocyanates is 1. The molecule has 0 radical (unpaired) electrons. The summed E-state index contributed by atoms with van der Waals surface area (Å²) in [6, 6.07) is 7.52. The minimum atomic E-state index is -0.774. The summed E-state index contributed by atoms with van der Waals surface area (Å²) >= 11 is 0.534. The van der Waals surface area contributed by atoms with Gasteiger partial charge in [0.2, 0.25) is 0 Å². The van der Waals surface area contributed by atoms with Crippen molar-refractivity contribution in [3.05, 3.63) is 56.1 Å². The number of hydrogen-bond acceptors (Lipinski definition) is 9. The second-order valence-electron chi connectivity index (χ2n) is 5.86. The van der Waals surface area contributed by atoms with Crippen molar-refractivity contribution in [1.82, 2.24) is 0 Å². The molecule has 150 valence electrons. The largest absolute Gasteiger partial charge is 0.372 e. The zero-order valence-corrected chi connectivity index (χ0v) is 16.8. The lowest BCUT2D eigenvalue weighted by Gasteiger charge is -2.21. The summed E-state index contributed by atoms with van der Waals surface area (Å²) in [5.74, 6) is 0. The molecular weight excluding hydrogens is 396 g/mol. The molecule has 0 spiro atoms. The Labute approximate surface area is 171 Å². The van der Waals surface area contributed by atoms with E-state index in [1.165, 1.54) is 0 Å². The highest BCUT2D eigenvalue weighted by molar-refractivity contribution is 8.03. The van der Waals surface area contributed by atoms with Crippen LogP contribution >= 0.6 is 11.8 Å². The molecular formula is C18H18N6O4S. The number of benzene rings is 2. The van der Waals surface area contributed by atoms with Gasteiger partial charge in [-0.15, -0.1) is 5.11 Å². The first-order chi connectivity index (χ1) is 13.8. The number of nitro groups is 2. The molecule has 0 aromatic heterocycles. The fourth-order valence-electron chi connectivity index (χ4n) is 2.69. The van der Waals surface area contributed by atoms with Crippen LogP contribution in [0.25, 0.3) is 0 Å². The van der Waals surface area contributed by atoms with Crippen LogP contribution in [0.4, 0.5) is 28.4 Å².